The van der Waals surface area contributed by atoms with Crippen LogP contribution in [0.3, 0.4) is 0 Å². The zero-order valence-electron chi connectivity index (χ0n) is 20.7. The Labute approximate surface area is 220 Å². The first kappa shape index (κ1) is 25.1. The molecule has 0 spiro atoms. The van der Waals surface area contributed by atoms with Gasteiger partial charge in [0.15, 0.2) is 5.78 Å². The van der Waals surface area contributed by atoms with Gasteiger partial charge in [0.2, 0.25) is 11.9 Å². The van der Waals surface area contributed by atoms with E-state index >= 15 is 0 Å². The molecule has 1 aliphatic rings. The molecule has 1 amide bonds. The molecule has 1 atom stereocenters. The largest absolute Gasteiger partial charge is 0.388 e. The standard InChI is InChI=1S/C29H28N6O3/c1-2-27(38)32-22-7-3-5-19(15-22)24-8-4-6-20-16-31-29(34-28(20)24)33-21-9-11-23(12-10-21)35-14-13-30-17-25(35)26(37)18-36/h2-12,15-16,25,30,36H,1,13-14,17-18H2,(H,32,38)(H,31,33,34). The Morgan fingerprint density at radius 3 is 2.71 bits per heavy atom. The van der Waals surface area contributed by atoms with Crippen LogP contribution in [0.5, 0.6) is 0 Å². The number of piperazine rings is 1. The summed E-state index contributed by atoms with van der Waals surface area (Å²) in [5.41, 5.74) is 4.99. The van der Waals surface area contributed by atoms with Crippen LogP contribution in [0.15, 0.2) is 85.6 Å². The summed E-state index contributed by atoms with van der Waals surface area (Å²) in [7, 11) is 0. The fourth-order valence-electron chi connectivity index (χ4n) is 4.58. The Balaban J connectivity index is 1.39. The third kappa shape index (κ3) is 5.39. The summed E-state index contributed by atoms with van der Waals surface area (Å²) in [6.45, 7) is 4.99. The van der Waals surface area contributed by atoms with Crippen molar-refractivity contribution in [3.05, 3.63) is 85.6 Å². The molecule has 3 aromatic carbocycles. The van der Waals surface area contributed by atoms with E-state index in [-0.39, 0.29) is 11.7 Å². The Morgan fingerprint density at radius 2 is 1.92 bits per heavy atom. The van der Waals surface area contributed by atoms with Crippen LogP contribution >= 0.6 is 0 Å². The van der Waals surface area contributed by atoms with Crippen molar-refractivity contribution in [2.24, 2.45) is 0 Å². The summed E-state index contributed by atoms with van der Waals surface area (Å²) < 4.78 is 0. The number of aliphatic hydroxyl groups is 1. The Bertz CT molecular complexity index is 1490. The number of carbonyl (C=O) groups excluding carboxylic acids is 2. The number of ketones is 1. The fourth-order valence-corrected chi connectivity index (χ4v) is 4.58. The lowest BCUT2D eigenvalue weighted by atomic mass is 10.0. The zero-order chi connectivity index (χ0) is 26.5. The highest BCUT2D eigenvalue weighted by Crippen LogP contribution is 2.30. The number of carbonyl (C=O) groups is 2. The number of aromatic nitrogens is 2. The van der Waals surface area contributed by atoms with Crippen LogP contribution < -0.4 is 20.9 Å². The SMILES string of the molecule is C=CC(=O)Nc1cccc(-c2cccc3cnc(Nc4ccc(N5CCNCC5C(=O)CO)cc4)nc23)c1. The number of hydrogen-bond acceptors (Lipinski definition) is 8. The van der Waals surface area contributed by atoms with E-state index in [1.807, 2.05) is 71.6 Å². The van der Waals surface area contributed by atoms with Gasteiger partial charge in [-0.05, 0) is 48.0 Å². The van der Waals surface area contributed by atoms with Crippen molar-refractivity contribution in [3.8, 4) is 11.1 Å². The first-order valence-electron chi connectivity index (χ1n) is 12.3. The second-order valence-corrected chi connectivity index (χ2v) is 8.92. The van der Waals surface area contributed by atoms with Gasteiger partial charge in [-0.25, -0.2) is 9.97 Å². The summed E-state index contributed by atoms with van der Waals surface area (Å²) in [5, 5.41) is 19.5. The normalized spacial score (nSPS) is 15.2. The number of nitrogens with zero attached hydrogens (tertiary/aromatic N) is 3. The minimum absolute atomic E-state index is 0.201. The van der Waals surface area contributed by atoms with Crippen LogP contribution in [0.4, 0.5) is 23.0 Å². The molecule has 9 heteroatoms. The Kier molecular flexibility index (Phi) is 7.39. The monoisotopic (exact) mass is 508 g/mol. The molecule has 5 rings (SSSR count). The fraction of sp³-hybridized carbons (Fsp3) is 0.172. The molecule has 1 unspecified atom stereocenters. The topological polar surface area (TPSA) is 119 Å². The van der Waals surface area contributed by atoms with E-state index in [2.05, 4.69) is 27.5 Å². The van der Waals surface area contributed by atoms with Crippen molar-refractivity contribution in [2.75, 3.05) is 41.8 Å². The van der Waals surface area contributed by atoms with E-state index in [9.17, 15) is 14.7 Å². The minimum Gasteiger partial charge on any atom is -0.388 e. The number of amides is 1. The number of fused-ring (bicyclic) bond motifs is 1. The first-order valence-corrected chi connectivity index (χ1v) is 12.3. The smallest absolute Gasteiger partial charge is 0.247 e. The second kappa shape index (κ2) is 11.2. The molecule has 1 aliphatic heterocycles. The molecule has 192 valence electrons. The maximum atomic E-state index is 12.2. The minimum atomic E-state index is -0.475. The van der Waals surface area contributed by atoms with Crippen LogP contribution in [0.25, 0.3) is 22.0 Å². The van der Waals surface area contributed by atoms with Crippen LogP contribution in [0.2, 0.25) is 0 Å². The van der Waals surface area contributed by atoms with E-state index in [0.29, 0.717) is 24.7 Å². The quantitative estimate of drug-likeness (QED) is 0.267. The van der Waals surface area contributed by atoms with Crippen LogP contribution in [-0.4, -0.2) is 59.0 Å². The average molecular weight is 509 g/mol. The number of hydrogen-bond donors (Lipinski definition) is 4. The first-order chi connectivity index (χ1) is 18.6. The van der Waals surface area contributed by atoms with E-state index in [1.165, 1.54) is 6.08 Å². The molecule has 2 heterocycles. The zero-order valence-corrected chi connectivity index (χ0v) is 20.7. The van der Waals surface area contributed by atoms with Crippen molar-refractivity contribution in [2.45, 2.75) is 6.04 Å². The van der Waals surface area contributed by atoms with Gasteiger partial charge in [-0.2, -0.15) is 0 Å². The van der Waals surface area contributed by atoms with Gasteiger partial charge in [0, 0.05) is 53.8 Å². The summed E-state index contributed by atoms with van der Waals surface area (Å²) in [4.78, 5) is 35.2. The lowest BCUT2D eigenvalue weighted by molar-refractivity contribution is -0.123. The molecule has 4 N–H and O–H groups in total. The second-order valence-electron chi connectivity index (χ2n) is 8.92. The number of para-hydroxylation sites is 1. The van der Waals surface area contributed by atoms with Gasteiger partial charge >= 0.3 is 0 Å². The van der Waals surface area contributed by atoms with Crippen molar-refractivity contribution in [3.63, 3.8) is 0 Å². The van der Waals surface area contributed by atoms with E-state index in [1.54, 1.807) is 6.20 Å². The highest BCUT2D eigenvalue weighted by molar-refractivity contribution is 6.00. The molecule has 1 aromatic heterocycles. The highest BCUT2D eigenvalue weighted by Gasteiger charge is 2.28. The number of nitrogens with one attached hydrogen (secondary N) is 3. The molecule has 38 heavy (non-hydrogen) atoms. The van der Waals surface area contributed by atoms with Crippen LogP contribution in [0, 0.1) is 0 Å². The van der Waals surface area contributed by atoms with Gasteiger partial charge in [0.05, 0.1) is 5.52 Å². The van der Waals surface area contributed by atoms with Gasteiger partial charge in [0.1, 0.15) is 12.6 Å². The molecule has 9 nitrogen and oxygen atoms in total. The van der Waals surface area contributed by atoms with Crippen LogP contribution in [0.1, 0.15) is 0 Å². The third-order valence-electron chi connectivity index (χ3n) is 6.46. The molecule has 0 aliphatic carbocycles. The number of rotatable bonds is 8. The van der Waals surface area contributed by atoms with E-state index in [4.69, 9.17) is 4.98 Å². The Hall–Kier alpha value is -4.60. The summed E-state index contributed by atoms with van der Waals surface area (Å²) in [6, 6.07) is 20.8. The molecular weight excluding hydrogens is 480 g/mol. The molecule has 1 fully saturated rings. The predicted molar refractivity (Wildman–Crippen MR) is 150 cm³/mol. The van der Waals surface area contributed by atoms with Gasteiger partial charge in [0.25, 0.3) is 0 Å². The Morgan fingerprint density at radius 1 is 1.11 bits per heavy atom. The van der Waals surface area contributed by atoms with Gasteiger partial charge in [-0.3, -0.25) is 9.59 Å². The number of aliphatic hydroxyl groups excluding tert-OH is 1. The van der Waals surface area contributed by atoms with Crippen molar-refractivity contribution in [1.82, 2.24) is 15.3 Å². The number of anilines is 4. The molecule has 1 saturated heterocycles. The summed E-state index contributed by atoms with van der Waals surface area (Å²) in [6.07, 6.45) is 3.01. The molecular formula is C29H28N6O3. The molecule has 0 saturated carbocycles. The molecule has 0 bridgehead atoms. The summed E-state index contributed by atoms with van der Waals surface area (Å²) in [5.74, 6) is -0.0231. The number of benzene rings is 3. The maximum Gasteiger partial charge on any atom is 0.247 e. The summed E-state index contributed by atoms with van der Waals surface area (Å²) >= 11 is 0. The average Bonchev–Trinajstić information content (AvgIpc) is 2.97. The third-order valence-corrected chi connectivity index (χ3v) is 6.46. The molecule has 0 radical (unpaired) electrons. The predicted octanol–water partition coefficient (Wildman–Crippen LogP) is 3.50. The lowest BCUT2D eigenvalue weighted by Gasteiger charge is -2.36. The van der Waals surface area contributed by atoms with E-state index < -0.39 is 12.6 Å². The van der Waals surface area contributed by atoms with Crippen molar-refractivity contribution < 1.29 is 14.7 Å². The van der Waals surface area contributed by atoms with Gasteiger partial charge in [-0.1, -0.05) is 36.9 Å². The van der Waals surface area contributed by atoms with E-state index in [0.717, 1.165) is 39.9 Å². The lowest BCUT2D eigenvalue weighted by Crippen LogP contribution is -2.55. The number of Topliss-reactive ketones (excluding diaryl/α,β-unsaturated/α-hetero) is 1. The van der Waals surface area contributed by atoms with Crippen molar-refractivity contribution >= 4 is 45.6 Å². The van der Waals surface area contributed by atoms with Gasteiger partial charge in [-0.15, -0.1) is 0 Å². The highest BCUT2D eigenvalue weighted by atomic mass is 16.3. The van der Waals surface area contributed by atoms with Gasteiger partial charge < -0.3 is 26.0 Å². The maximum absolute atomic E-state index is 12.2. The van der Waals surface area contributed by atoms with Crippen molar-refractivity contribution in [1.29, 1.82) is 0 Å². The van der Waals surface area contributed by atoms with Crippen LogP contribution in [-0.2, 0) is 9.59 Å². The molecule has 4 aromatic rings.